The molecule has 0 aliphatic carbocycles. The Morgan fingerprint density at radius 2 is 1.78 bits per heavy atom. The third-order valence-electron chi connectivity index (χ3n) is 4.51. The largest absolute Gasteiger partial charge is 0.332 e. The highest BCUT2D eigenvalue weighted by atomic mass is 32.2. The number of hydrogen-bond donors (Lipinski definition) is 0. The van der Waals surface area contributed by atoms with Crippen LogP contribution in [0, 0.1) is 6.92 Å². The molecular formula is C20H28N2O3S2. The van der Waals surface area contributed by atoms with Gasteiger partial charge in [0.25, 0.3) is 0 Å². The molecule has 1 atom stereocenters. The lowest BCUT2D eigenvalue weighted by Gasteiger charge is -2.29. The van der Waals surface area contributed by atoms with Crippen LogP contribution in [0.2, 0.25) is 0 Å². The molecule has 2 rings (SSSR count). The highest BCUT2D eigenvalue weighted by molar-refractivity contribution is 7.88. The molecule has 1 heterocycles. The zero-order chi connectivity index (χ0) is 20.0. The fourth-order valence-electron chi connectivity index (χ4n) is 2.83. The minimum atomic E-state index is -3.46. The summed E-state index contributed by atoms with van der Waals surface area (Å²) < 4.78 is 25.6. The van der Waals surface area contributed by atoms with E-state index in [4.69, 9.17) is 0 Å². The summed E-state index contributed by atoms with van der Waals surface area (Å²) in [5.74, 6) is -0.185. The van der Waals surface area contributed by atoms with Gasteiger partial charge in [0.15, 0.2) is 0 Å². The summed E-state index contributed by atoms with van der Waals surface area (Å²) in [5.41, 5.74) is 1.02. The summed E-state index contributed by atoms with van der Waals surface area (Å²) in [6, 6.07) is 13.6. The Morgan fingerprint density at radius 1 is 1.11 bits per heavy atom. The number of carbonyl (C=O) groups excluding carboxylic acids is 1. The van der Waals surface area contributed by atoms with Gasteiger partial charge in [0.05, 0.1) is 19.3 Å². The first-order chi connectivity index (χ1) is 12.7. The van der Waals surface area contributed by atoms with Gasteiger partial charge in [-0.15, -0.1) is 11.3 Å². The monoisotopic (exact) mass is 408 g/mol. The van der Waals surface area contributed by atoms with Gasteiger partial charge in [-0.1, -0.05) is 37.3 Å². The van der Waals surface area contributed by atoms with Gasteiger partial charge in [-0.25, -0.2) is 8.42 Å². The van der Waals surface area contributed by atoms with E-state index >= 15 is 0 Å². The first kappa shape index (κ1) is 21.6. The van der Waals surface area contributed by atoms with E-state index in [1.165, 1.54) is 9.18 Å². The van der Waals surface area contributed by atoms with Crippen LogP contribution in [0.25, 0.3) is 0 Å². The van der Waals surface area contributed by atoms with E-state index in [1.807, 2.05) is 63.2 Å². The second-order valence-corrected chi connectivity index (χ2v) is 10.1. The summed E-state index contributed by atoms with van der Waals surface area (Å²) in [6.07, 6.45) is 1.82. The molecule has 0 bridgehead atoms. The van der Waals surface area contributed by atoms with E-state index in [9.17, 15) is 13.2 Å². The molecule has 27 heavy (non-hydrogen) atoms. The number of rotatable bonds is 9. The molecular weight excluding hydrogens is 380 g/mol. The van der Waals surface area contributed by atoms with E-state index < -0.39 is 10.0 Å². The Morgan fingerprint density at radius 3 is 2.30 bits per heavy atom. The van der Waals surface area contributed by atoms with Crippen molar-refractivity contribution >= 4 is 27.3 Å². The summed E-state index contributed by atoms with van der Waals surface area (Å²) in [6.45, 7) is 6.58. The molecule has 2 aromatic rings. The van der Waals surface area contributed by atoms with Crippen molar-refractivity contribution < 1.29 is 13.2 Å². The van der Waals surface area contributed by atoms with Gasteiger partial charge in [0, 0.05) is 22.3 Å². The molecule has 5 nitrogen and oxygen atoms in total. The highest BCUT2D eigenvalue weighted by Gasteiger charge is 2.27. The van der Waals surface area contributed by atoms with Gasteiger partial charge in [0.2, 0.25) is 15.9 Å². The van der Waals surface area contributed by atoms with Crippen molar-refractivity contribution in [2.75, 3.05) is 12.8 Å². The number of benzene rings is 1. The SMILES string of the molecule is CC[C@H](C)N(CC(=O)N(Cc1ccccc1)Cc1ccc(C)s1)S(C)(=O)=O. The van der Waals surface area contributed by atoms with Gasteiger partial charge >= 0.3 is 0 Å². The van der Waals surface area contributed by atoms with E-state index in [2.05, 4.69) is 0 Å². The normalized spacial score (nSPS) is 12.9. The number of nitrogens with zero attached hydrogens (tertiary/aromatic N) is 2. The molecule has 0 N–H and O–H groups in total. The lowest BCUT2D eigenvalue weighted by Crippen LogP contribution is -2.45. The molecule has 7 heteroatoms. The minimum Gasteiger partial charge on any atom is -0.332 e. The van der Waals surface area contributed by atoms with Crippen LogP contribution in [-0.4, -0.2) is 42.4 Å². The fourth-order valence-corrected chi connectivity index (χ4v) is 4.89. The quantitative estimate of drug-likeness (QED) is 0.636. The van der Waals surface area contributed by atoms with Gasteiger partial charge in [-0.05, 0) is 38.0 Å². The van der Waals surface area contributed by atoms with Gasteiger partial charge in [-0.2, -0.15) is 4.31 Å². The van der Waals surface area contributed by atoms with Crippen molar-refractivity contribution in [3.8, 4) is 0 Å². The molecule has 0 spiro atoms. The highest BCUT2D eigenvalue weighted by Crippen LogP contribution is 2.19. The Kier molecular flexibility index (Phi) is 7.59. The van der Waals surface area contributed by atoms with Crippen LogP contribution < -0.4 is 0 Å². The third-order valence-corrected chi connectivity index (χ3v) is 6.84. The average molecular weight is 409 g/mol. The maximum atomic E-state index is 13.1. The first-order valence-corrected chi connectivity index (χ1v) is 11.7. The number of hydrogen-bond acceptors (Lipinski definition) is 4. The lowest BCUT2D eigenvalue weighted by molar-refractivity contribution is -0.133. The molecule has 0 radical (unpaired) electrons. The zero-order valence-electron chi connectivity index (χ0n) is 16.4. The van der Waals surface area contributed by atoms with Crippen LogP contribution in [-0.2, 0) is 27.9 Å². The van der Waals surface area contributed by atoms with Gasteiger partial charge in [-0.3, -0.25) is 4.79 Å². The fraction of sp³-hybridized carbons (Fsp3) is 0.450. The van der Waals surface area contributed by atoms with Crippen LogP contribution in [0.4, 0.5) is 0 Å². The second kappa shape index (κ2) is 9.48. The van der Waals surface area contributed by atoms with Crippen LogP contribution in [0.3, 0.4) is 0 Å². The van der Waals surface area contributed by atoms with E-state index in [0.29, 0.717) is 19.5 Å². The van der Waals surface area contributed by atoms with E-state index in [1.54, 1.807) is 16.2 Å². The summed E-state index contributed by atoms with van der Waals surface area (Å²) in [5, 5.41) is 0. The zero-order valence-corrected chi connectivity index (χ0v) is 18.0. The maximum absolute atomic E-state index is 13.1. The smallest absolute Gasteiger partial charge is 0.238 e. The molecule has 1 amide bonds. The van der Waals surface area contributed by atoms with Crippen LogP contribution >= 0.6 is 11.3 Å². The second-order valence-electron chi connectivity index (χ2n) is 6.81. The molecule has 1 aromatic carbocycles. The standard InChI is InChI=1S/C20H28N2O3S2/c1-5-16(2)22(27(4,24)25)15-20(23)21(13-18-9-7-6-8-10-18)14-19-12-11-17(3)26-19/h6-12,16H,5,13-15H2,1-4H3/t16-/m0/s1. The number of aryl methyl sites for hydroxylation is 1. The lowest BCUT2D eigenvalue weighted by atomic mass is 10.2. The molecule has 1 aromatic heterocycles. The summed E-state index contributed by atoms with van der Waals surface area (Å²) in [4.78, 5) is 17.1. The molecule has 0 unspecified atom stereocenters. The van der Waals surface area contributed by atoms with Crippen molar-refractivity contribution in [1.82, 2.24) is 9.21 Å². The molecule has 0 saturated carbocycles. The molecule has 0 aliphatic rings. The molecule has 0 saturated heterocycles. The van der Waals surface area contributed by atoms with Crippen molar-refractivity contribution in [3.63, 3.8) is 0 Å². The van der Waals surface area contributed by atoms with Gasteiger partial charge < -0.3 is 4.90 Å². The number of sulfonamides is 1. The predicted molar refractivity (Wildman–Crippen MR) is 111 cm³/mol. The van der Waals surface area contributed by atoms with E-state index in [-0.39, 0.29) is 18.5 Å². The molecule has 0 aliphatic heterocycles. The van der Waals surface area contributed by atoms with Crippen LogP contribution in [0.5, 0.6) is 0 Å². The van der Waals surface area contributed by atoms with Crippen molar-refractivity contribution in [3.05, 3.63) is 57.8 Å². The Hall–Kier alpha value is -1.70. The minimum absolute atomic E-state index is 0.134. The Labute approximate surface area is 166 Å². The predicted octanol–water partition coefficient (Wildman–Crippen LogP) is 3.65. The Bertz CT molecular complexity index is 847. The number of thiophene rings is 1. The van der Waals surface area contributed by atoms with Crippen molar-refractivity contribution in [1.29, 1.82) is 0 Å². The summed E-state index contributed by atoms with van der Waals surface area (Å²) >= 11 is 1.65. The molecule has 0 fully saturated rings. The summed E-state index contributed by atoms with van der Waals surface area (Å²) in [7, 11) is -3.46. The maximum Gasteiger partial charge on any atom is 0.238 e. The Balaban J connectivity index is 2.23. The third kappa shape index (κ3) is 6.45. The van der Waals surface area contributed by atoms with E-state index in [0.717, 1.165) is 16.7 Å². The van der Waals surface area contributed by atoms with Gasteiger partial charge in [0.1, 0.15) is 0 Å². The molecule has 148 valence electrons. The van der Waals surface area contributed by atoms with Crippen molar-refractivity contribution in [2.45, 2.75) is 46.3 Å². The average Bonchev–Trinajstić information content (AvgIpc) is 3.03. The van der Waals surface area contributed by atoms with Crippen LogP contribution in [0.15, 0.2) is 42.5 Å². The number of amides is 1. The van der Waals surface area contributed by atoms with Crippen molar-refractivity contribution in [2.24, 2.45) is 0 Å². The first-order valence-electron chi connectivity index (χ1n) is 9.04. The number of carbonyl (C=O) groups is 1. The topological polar surface area (TPSA) is 57.7 Å². The van der Waals surface area contributed by atoms with Crippen LogP contribution in [0.1, 0.15) is 35.6 Å².